The molecule has 0 bridgehead atoms. The van der Waals surface area contributed by atoms with Crippen LogP contribution in [0.15, 0.2) is 22.7 Å². The maximum Gasteiger partial charge on any atom is 0.123 e. The van der Waals surface area contributed by atoms with E-state index in [1.54, 1.807) is 12.1 Å². The molecule has 0 aliphatic heterocycles. The van der Waals surface area contributed by atoms with E-state index in [9.17, 15) is 4.39 Å². The molecule has 0 spiro atoms. The molecule has 0 aliphatic rings. The summed E-state index contributed by atoms with van der Waals surface area (Å²) < 4.78 is 14.1. The molecule has 4 heteroatoms. The van der Waals surface area contributed by atoms with Gasteiger partial charge < -0.3 is 0 Å². The van der Waals surface area contributed by atoms with Crippen LogP contribution in [0.5, 0.6) is 0 Å². The van der Waals surface area contributed by atoms with Gasteiger partial charge in [0, 0.05) is 21.6 Å². The fourth-order valence-corrected chi connectivity index (χ4v) is 3.18. The van der Waals surface area contributed by atoms with E-state index in [2.05, 4.69) is 29.8 Å². The third-order valence-electron chi connectivity index (χ3n) is 3.31. The Labute approximate surface area is 121 Å². The Kier molecular flexibility index (Phi) is 5.75. The van der Waals surface area contributed by atoms with Crippen LogP contribution in [-0.4, -0.2) is 11.8 Å². The predicted molar refractivity (Wildman–Crippen MR) is 76.5 cm³/mol. The lowest BCUT2D eigenvalue weighted by molar-refractivity contribution is 0.258. The first-order valence-electron chi connectivity index (χ1n) is 5.51. The average molecular weight is 342 g/mol. The SMILES string of the molecule is CC(C)C(CCl)(CCl)Cc1cc(F)ccc1Br. The second-order valence-corrected chi connectivity index (χ2v) is 6.09. The predicted octanol–water partition coefficient (Wildman–Crippen LogP) is 5.25. The fourth-order valence-electron chi connectivity index (χ4n) is 1.70. The van der Waals surface area contributed by atoms with Crippen molar-refractivity contribution < 1.29 is 4.39 Å². The van der Waals surface area contributed by atoms with E-state index >= 15 is 0 Å². The van der Waals surface area contributed by atoms with Gasteiger partial charge in [0.15, 0.2) is 0 Å². The van der Waals surface area contributed by atoms with E-state index in [1.165, 1.54) is 6.07 Å². The van der Waals surface area contributed by atoms with Crippen molar-refractivity contribution >= 4 is 39.1 Å². The third kappa shape index (κ3) is 3.59. The van der Waals surface area contributed by atoms with Crippen molar-refractivity contribution in [1.82, 2.24) is 0 Å². The normalized spacial score (nSPS) is 12.2. The molecule has 0 aromatic heterocycles. The Morgan fingerprint density at radius 1 is 1.29 bits per heavy atom. The second kappa shape index (κ2) is 6.40. The zero-order valence-electron chi connectivity index (χ0n) is 9.94. The largest absolute Gasteiger partial charge is 0.207 e. The molecule has 1 aromatic carbocycles. The minimum Gasteiger partial charge on any atom is -0.207 e. The molecular weight excluding hydrogens is 326 g/mol. The molecule has 0 atom stereocenters. The van der Waals surface area contributed by atoms with Gasteiger partial charge >= 0.3 is 0 Å². The zero-order chi connectivity index (χ0) is 13.1. The summed E-state index contributed by atoms with van der Waals surface area (Å²) in [5.41, 5.74) is 0.722. The number of benzene rings is 1. The molecule has 0 radical (unpaired) electrons. The van der Waals surface area contributed by atoms with Crippen LogP contribution in [0.2, 0.25) is 0 Å². The number of hydrogen-bond donors (Lipinski definition) is 0. The zero-order valence-corrected chi connectivity index (χ0v) is 13.0. The van der Waals surface area contributed by atoms with Crippen molar-refractivity contribution in [3.05, 3.63) is 34.1 Å². The number of halogens is 4. The van der Waals surface area contributed by atoms with Crippen molar-refractivity contribution in [1.29, 1.82) is 0 Å². The molecule has 0 unspecified atom stereocenters. The minimum atomic E-state index is -0.231. The highest BCUT2D eigenvalue weighted by Gasteiger charge is 2.33. The van der Waals surface area contributed by atoms with Crippen LogP contribution in [0.3, 0.4) is 0 Å². The van der Waals surface area contributed by atoms with E-state index in [0.29, 0.717) is 24.1 Å². The minimum absolute atomic E-state index is 0.195. The van der Waals surface area contributed by atoms with Crippen LogP contribution in [0, 0.1) is 17.2 Å². The molecule has 96 valence electrons. The van der Waals surface area contributed by atoms with Gasteiger partial charge in [0.25, 0.3) is 0 Å². The summed E-state index contributed by atoms with van der Waals surface area (Å²) in [7, 11) is 0. The highest BCUT2D eigenvalue weighted by Crippen LogP contribution is 2.36. The molecular formula is C13H16BrCl2F. The van der Waals surface area contributed by atoms with Crippen LogP contribution in [-0.2, 0) is 6.42 Å². The van der Waals surface area contributed by atoms with E-state index in [-0.39, 0.29) is 11.2 Å². The summed E-state index contributed by atoms with van der Waals surface area (Å²) in [6, 6.07) is 4.70. The van der Waals surface area contributed by atoms with Gasteiger partial charge in [-0.05, 0) is 36.1 Å². The average Bonchev–Trinajstić information content (AvgIpc) is 2.30. The molecule has 0 amide bonds. The van der Waals surface area contributed by atoms with Crippen LogP contribution in [0.4, 0.5) is 4.39 Å². The molecule has 1 aromatic rings. The van der Waals surface area contributed by atoms with Gasteiger partial charge in [0.05, 0.1) is 0 Å². The van der Waals surface area contributed by atoms with Gasteiger partial charge in [0.2, 0.25) is 0 Å². The lowest BCUT2D eigenvalue weighted by Gasteiger charge is -2.34. The van der Waals surface area contributed by atoms with Crippen molar-refractivity contribution in [3.8, 4) is 0 Å². The van der Waals surface area contributed by atoms with Crippen molar-refractivity contribution in [3.63, 3.8) is 0 Å². The fraction of sp³-hybridized carbons (Fsp3) is 0.538. The molecule has 0 aliphatic carbocycles. The summed E-state index contributed by atoms with van der Waals surface area (Å²) in [6.45, 7) is 4.19. The maximum atomic E-state index is 13.2. The van der Waals surface area contributed by atoms with Gasteiger partial charge in [-0.2, -0.15) is 0 Å². The molecule has 0 nitrogen and oxygen atoms in total. The highest BCUT2D eigenvalue weighted by molar-refractivity contribution is 9.10. The van der Waals surface area contributed by atoms with Crippen LogP contribution in [0.1, 0.15) is 19.4 Å². The smallest absolute Gasteiger partial charge is 0.123 e. The molecule has 0 saturated heterocycles. The number of rotatable bonds is 5. The first-order chi connectivity index (χ1) is 7.95. The first-order valence-corrected chi connectivity index (χ1v) is 7.37. The third-order valence-corrected chi connectivity index (χ3v) is 5.15. The summed E-state index contributed by atoms with van der Waals surface area (Å²) >= 11 is 15.6. The molecule has 0 heterocycles. The van der Waals surface area contributed by atoms with E-state index in [0.717, 1.165) is 10.0 Å². The summed E-state index contributed by atoms with van der Waals surface area (Å²) in [5, 5.41) is 0. The van der Waals surface area contributed by atoms with E-state index in [1.807, 2.05) is 0 Å². The molecule has 0 fully saturated rings. The van der Waals surface area contributed by atoms with Gasteiger partial charge in [-0.3, -0.25) is 0 Å². The van der Waals surface area contributed by atoms with Gasteiger partial charge in [-0.1, -0.05) is 29.8 Å². The molecule has 0 N–H and O–H groups in total. The maximum absolute atomic E-state index is 13.2. The highest BCUT2D eigenvalue weighted by atomic mass is 79.9. The Morgan fingerprint density at radius 3 is 2.35 bits per heavy atom. The lowest BCUT2D eigenvalue weighted by Crippen LogP contribution is -2.34. The standard InChI is InChI=1S/C13H16BrCl2F/c1-9(2)13(7-15,8-16)6-10-5-11(17)3-4-12(10)14/h3-5,9H,6-8H2,1-2H3. The Bertz CT molecular complexity index is 376. The van der Waals surface area contributed by atoms with Crippen molar-refractivity contribution in [2.75, 3.05) is 11.8 Å². The lowest BCUT2D eigenvalue weighted by atomic mass is 9.76. The van der Waals surface area contributed by atoms with Crippen LogP contribution < -0.4 is 0 Å². The summed E-state index contributed by atoms with van der Waals surface area (Å²) in [6.07, 6.45) is 0.677. The van der Waals surface area contributed by atoms with Crippen LogP contribution >= 0.6 is 39.1 Å². The van der Waals surface area contributed by atoms with E-state index < -0.39 is 0 Å². The number of alkyl halides is 2. The van der Waals surface area contributed by atoms with Gasteiger partial charge in [0.1, 0.15) is 5.82 Å². The topological polar surface area (TPSA) is 0 Å². The summed E-state index contributed by atoms with van der Waals surface area (Å²) in [4.78, 5) is 0. The molecule has 1 rings (SSSR count). The van der Waals surface area contributed by atoms with E-state index in [4.69, 9.17) is 23.2 Å². The Balaban J connectivity index is 3.05. The van der Waals surface area contributed by atoms with Crippen LogP contribution in [0.25, 0.3) is 0 Å². The van der Waals surface area contributed by atoms with Crippen molar-refractivity contribution in [2.45, 2.75) is 20.3 Å². The Morgan fingerprint density at radius 2 is 1.88 bits per heavy atom. The van der Waals surface area contributed by atoms with Crippen molar-refractivity contribution in [2.24, 2.45) is 11.3 Å². The van der Waals surface area contributed by atoms with Gasteiger partial charge in [-0.15, -0.1) is 23.2 Å². The van der Waals surface area contributed by atoms with Gasteiger partial charge in [-0.25, -0.2) is 4.39 Å². The first kappa shape index (κ1) is 15.3. The molecule has 17 heavy (non-hydrogen) atoms. The summed E-state index contributed by atoms with van der Waals surface area (Å²) in [5.74, 6) is 1.05. The molecule has 0 saturated carbocycles. The number of hydrogen-bond acceptors (Lipinski definition) is 0. The quantitative estimate of drug-likeness (QED) is 0.641. The second-order valence-electron chi connectivity index (χ2n) is 4.70. The Hall–Kier alpha value is 0.210. The monoisotopic (exact) mass is 340 g/mol.